The van der Waals surface area contributed by atoms with E-state index in [1.54, 1.807) is 0 Å². The van der Waals surface area contributed by atoms with E-state index in [0.29, 0.717) is 23.9 Å². The Hall–Kier alpha value is -3.53. The predicted molar refractivity (Wildman–Crippen MR) is 429 cm³/mol. The van der Waals surface area contributed by atoms with E-state index in [2.05, 4.69) is 98.9 Å². The van der Waals surface area contributed by atoms with Gasteiger partial charge < -0.3 is 28.5 Å². The maximum absolute atomic E-state index is 13.0. The van der Waals surface area contributed by atoms with Gasteiger partial charge in [0, 0.05) is 12.8 Å². The number of aliphatic carboxylic acids is 1. The lowest BCUT2D eigenvalue weighted by Gasteiger charge is -2.25. The first-order valence-electron chi connectivity index (χ1n) is 42.8. The number of hydrogen-bond acceptors (Lipinski definition) is 7. The van der Waals surface area contributed by atoms with Crippen molar-refractivity contribution in [1.82, 2.24) is 0 Å². The number of likely N-dealkylation sites (N-methyl/N-ethyl adjacent to an activating group) is 1. The van der Waals surface area contributed by atoms with Gasteiger partial charge in [0.05, 0.1) is 34.4 Å². The van der Waals surface area contributed by atoms with Crippen LogP contribution in [-0.2, 0) is 33.3 Å². The summed E-state index contributed by atoms with van der Waals surface area (Å²) in [6.45, 7) is 4.82. The number of carbonyl (C=O) groups excluding carboxylic acids is 2. The fourth-order valence-electron chi connectivity index (χ4n) is 12.7. The first-order chi connectivity index (χ1) is 48.6. The molecule has 0 saturated carbocycles. The highest BCUT2D eigenvalue weighted by molar-refractivity contribution is 5.71. The van der Waals surface area contributed by atoms with Crippen LogP contribution in [0, 0.1) is 0 Å². The Morgan fingerprint density at radius 2 is 0.576 bits per heavy atom. The summed E-state index contributed by atoms with van der Waals surface area (Å²) in [6, 6.07) is 0. The number of allylic oxidation sites excluding steroid dienone is 14. The molecule has 0 aliphatic rings. The van der Waals surface area contributed by atoms with Crippen LogP contribution >= 0.6 is 0 Å². The number of ether oxygens (including phenoxy) is 4. The molecule has 9 heteroatoms. The number of rotatable bonds is 80. The molecule has 9 nitrogen and oxygen atoms in total. The first kappa shape index (κ1) is 95.5. The summed E-state index contributed by atoms with van der Waals surface area (Å²) >= 11 is 0. The molecule has 0 saturated heterocycles. The maximum atomic E-state index is 13.0. The lowest BCUT2D eigenvalue weighted by Crippen LogP contribution is -2.40. The van der Waals surface area contributed by atoms with E-state index in [0.717, 1.165) is 89.9 Å². The standard InChI is InChI=1S/C90H163NO8/c1-6-8-10-12-14-16-18-20-22-24-26-28-30-32-34-36-38-40-41-42-43-44-45-46-47-49-50-52-54-56-58-60-62-64-66-68-70-72-74-76-78-80-87(92)97-84-86(85-98-90(89(94)95)96-83-82-91(3,4)5)99-88(93)81-79-77-75-73-71-69-67-65-63-61-59-57-55-53-51-48-39-37-35-33-31-29-27-25-23-21-19-17-15-13-11-9-7-2/h9,11,15,17,21,23,27,29,33,35,39,48,53,55,86,90H,6-8,10,12-14,16,18-20,22,24-26,28,30-32,34,36-38,40-47,49-52,54,56-85H2,1-5H3/p+1/b11-9-,17-15-,23-21-,29-27-,35-33-,48-39-,55-53-. The molecule has 2 atom stereocenters. The largest absolute Gasteiger partial charge is 0.477 e. The van der Waals surface area contributed by atoms with E-state index in [1.807, 2.05) is 21.1 Å². The highest BCUT2D eigenvalue weighted by atomic mass is 16.7. The molecule has 0 heterocycles. The fraction of sp³-hybridized carbons (Fsp3) is 0.811. The van der Waals surface area contributed by atoms with Crippen molar-refractivity contribution in [1.29, 1.82) is 0 Å². The van der Waals surface area contributed by atoms with Crippen molar-refractivity contribution in [2.24, 2.45) is 0 Å². The molecule has 0 spiro atoms. The Morgan fingerprint density at radius 1 is 0.313 bits per heavy atom. The van der Waals surface area contributed by atoms with Crippen LogP contribution in [0.4, 0.5) is 0 Å². The summed E-state index contributed by atoms with van der Waals surface area (Å²) in [7, 11) is 5.99. The van der Waals surface area contributed by atoms with Gasteiger partial charge in [0.1, 0.15) is 13.2 Å². The second-order valence-electron chi connectivity index (χ2n) is 30.1. The number of nitrogens with zero attached hydrogens (tertiary/aromatic N) is 1. The van der Waals surface area contributed by atoms with Crippen molar-refractivity contribution in [2.75, 3.05) is 47.5 Å². The number of unbranched alkanes of at least 4 members (excludes halogenated alkanes) is 51. The highest BCUT2D eigenvalue weighted by Gasteiger charge is 2.25. The van der Waals surface area contributed by atoms with Crippen LogP contribution in [0.25, 0.3) is 0 Å². The Labute approximate surface area is 614 Å². The third-order valence-corrected chi connectivity index (χ3v) is 19.2. The van der Waals surface area contributed by atoms with E-state index >= 15 is 0 Å². The van der Waals surface area contributed by atoms with E-state index in [1.165, 1.54) is 289 Å². The minimum atomic E-state index is -1.52. The van der Waals surface area contributed by atoms with Crippen LogP contribution in [-0.4, -0.2) is 87.4 Å². The molecule has 576 valence electrons. The van der Waals surface area contributed by atoms with Crippen LogP contribution in [0.2, 0.25) is 0 Å². The summed E-state index contributed by atoms with van der Waals surface area (Å²) < 4.78 is 23.1. The third kappa shape index (κ3) is 81.6. The van der Waals surface area contributed by atoms with Gasteiger partial charge in [-0.05, 0) is 70.6 Å². The minimum Gasteiger partial charge on any atom is -0.477 e. The van der Waals surface area contributed by atoms with Crippen molar-refractivity contribution >= 4 is 17.9 Å². The maximum Gasteiger partial charge on any atom is 0.361 e. The molecule has 0 aromatic rings. The van der Waals surface area contributed by atoms with E-state index in [9.17, 15) is 19.5 Å². The number of esters is 2. The van der Waals surface area contributed by atoms with Gasteiger partial charge in [0.2, 0.25) is 0 Å². The SMILES string of the molecule is CC/C=C\C/C=C\C/C=C\C/C=C\C/C=C\C/C=C\C/C=C\CCCCCCCCCCCCCC(=O)OC(COC(=O)CCCCCCCCCCCCCCCCCCCCCCCCCCCCCCCCCCCCCCCCCCC)COC(OCC[N+](C)(C)C)C(=O)O. The monoisotopic (exact) mass is 1390 g/mol. The smallest absolute Gasteiger partial charge is 0.361 e. The highest BCUT2D eigenvalue weighted by Crippen LogP contribution is 2.20. The van der Waals surface area contributed by atoms with Gasteiger partial charge in [-0.2, -0.15) is 0 Å². The van der Waals surface area contributed by atoms with Gasteiger partial charge in [-0.25, -0.2) is 4.79 Å². The molecule has 0 aliphatic carbocycles. The fourth-order valence-corrected chi connectivity index (χ4v) is 12.7. The second kappa shape index (κ2) is 80.2. The summed E-state index contributed by atoms with van der Waals surface area (Å²) in [5, 5.41) is 9.78. The zero-order chi connectivity index (χ0) is 71.8. The normalized spacial score (nSPS) is 13.0. The van der Waals surface area contributed by atoms with E-state index < -0.39 is 24.3 Å². The lowest BCUT2D eigenvalue weighted by atomic mass is 10.0. The number of hydrogen-bond donors (Lipinski definition) is 1. The molecule has 0 rings (SSSR count). The Morgan fingerprint density at radius 3 is 0.859 bits per heavy atom. The molecule has 1 N–H and O–H groups in total. The molecular formula is C90H164NO8+. The zero-order valence-corrected chi connectivity index (χ0v) is 66.2. The van der Waals surface area contributed by atoms with Gasteiger partial charge in [-0.15, -0.1) is 0 Å². The van der Waals surface area contributed by atoms with Crippen molar-refractivity contribution in [3.63, 3.8) is 0 Å². The number of carboxylic acid groups (broad SMARTS) is 1. The minimum absolute atomic E-state index is 0.182. The van der Waals surface area contributed by atoms with Crippen molar-refractivity contribution < 1.29 is 42.9 Å². The summed E-state index contributed by atoms with van der Waals surface area (Å²) in [6.07, 6.45) is 108. The Balaban J connectivity index is 3.95. The molecule has 0 amide bonds. The molecule has 0 bridgehead atoms. The van der Waals surface area contributed by atoms with Crippen LogP contribution in [0.5, 0.6) is 0 Å². The first-order valence-corrected chi connectivity index (χ1v) is 42.8. The molecule has 0 aliphatic heterocycles. The molecule has 0 aromatic heterocycles. The van der Waals surface area contributed by atoms with Crippen molar-refractivity contribution in [3.8, 4) is 0 Å². The van der Waals surface area contributed by atoms with Crippen LogP contribution in [0.1, 0.15) is 412 Å². The Bertz CT molecular complexity index is 1910. The topological polar surface area (TPSA) is 108 Å². The molecule has 0 radical (unpaired) electrons. The summed E-state index contributed by atoms with van der Waals surface area (Å²) in [4.78, 5) is 37.8. The summed E-state index contributed by atoms with van der Waals surface area (Å²) in [5.41, 5.74) is 0. The zero-order valence-electron chi connectivity index (χ0n) is 66.2. The van der Waals surface area contributed by atoms with Gasteiger partial charge in [0.15, 0.2) is 6.10 Å². The molecule has 99 heavy (non-hydrogen) atoms. The van der Waals surface area contributed by atoms with Crippen LogP contribution in [0.15, 0.2) is 85.1 Å². The summed E-state index contributed by atoms with van der Waals surface area (Å²) in [5.74, 6) is -1.99. The van der Waals surface area contributed by atoms with E-state index in [-0.39, 0.29) is 32.2 Å². The second-order valence-corrected chi connectivity index (χ2v) is 30.1. The number of carboxylic acids is 1. The molecule has 2 unspecified atom stereocenters. The van der Waals surface area contributed by atoms with Crippen LogP contribution in [0.3, 0.4) is 0 Å². The van der Waals surface area contributed by atoms with Crippen molar-refractivity contribution in [2.45, 2.75) is 424 Å². The third-order valence-electron chi connectivity index (χ3n) is 19.2. The number of quaternary nitrogens is 1. The van der Waals surface area contributed by atoms with Gasteiger partial charge in [-0.1, -0.05) is 414 Å². The molecular weight excluding hydrogens is 1220 g/mol. The predicted octanol–water partition coefficient (Wildman–Crippen LogP) is 27.7. The number of carbonyl (C=O) groups is 3. The Kier molecular flexibility index (Phi) is 77.3. The lowest BCUT2D eigenvalue weighted by molar-refractivity contribution is -0.870. The van der Waals surface area contributed by atoms with E-state index in [4.69, 9.17) is 18.9 Å². The average molecular weight is 1390 g/mol. The molecule has 0 fully saturated rings. The van der Waals surface area contributed by atoms with Gasteiger partial charge in [0.25, 0.3) is 6.29 Å². The molecule has 0 aromatic carbocycles. The van der Waals surface area contributed by atoms with Crippen LogP contribution < -0.4 is 0 Å². The quantitative estimate of drug-likeness (QED) is 0.0211. The van der Waals surface area contributed by atoms with Crippen molar-refractivity contribution in [3.05, 3.63) is 85.1 Å². The van der Waals surface area contributed by atoms with Gasteiger partial charge in [-0.3, -0.25) is 9.59 Å². The van der Waals surface area contributed by atoms with Gasteiger partial charge >= 0.3 is 17.9 Å². The average Bonchev–Trinajstić information content (AvgIpc) is 1.57.